The van der Waals surface area contributed by atoms with Gasteiger partial charge in [-0.3, -0.25) is 9.59 Å². The van der Waals surface area contributed by atoms with Gasteiger partial charge in [0.05, 0.1) is 26.7 Å². The molecule has 1 aliphatic rings. The van der Waals surface area contributed by atoms with Crippen LogP contribution in [0.5, 0.6) is 11.5 Å². The molecule has 1 amide bonds. The number of amides is 1. The van der Waals surface area contributed by atoms with Crippen molar-refractivity contribution in [2.24, 2.45) is 5.92 Å². The maximum absolute atomic E-state index is 12.9. The summed E-state index contributed by atoms with van der Waals surface area (Å²) in [6.07, 6.45) is 3.03. The van der Waals surface area contributed by atoms with Gasteiger partial charge in [-0.1, -0.05) is 5.16 Å². The van der Waals surface area contributed by atoms with Gasteiger partial charge in [-0.2, -0.15) is 4.98 Å². The van der Waals surface area contributed by atoms with Crippen molar-refractivity contribution in [2.75, 3.05) is 33.9 Å². The molecule has 0 saturated carbocycles. The highest BCUT2D eigenvalue weighted by atomic mass is 16.5. The second-order valence-electron chi connectivity index (χ2n) is 7.92. The number of likely N-dealkylation sites (tertiary alicyclic amines) is 1. The number of aromatic nitrogens is 3. The molecule has 0 N–H and O–H groups in total. The highest BCUT2D eigenvalue weighted by molar-refractivity contribution is 5.78. The van der Waals surface area contributed by atoms with Crippen LogP contribution in [0.2, 0.25) is 0 Å². The number of esters is 1. The number of rotatable bonds is 8. The Kier molecular flexibility index (Phi) is 7.15. The summed E-state index contributed by atoms with van der Waals surface area (Å²) < 4.78 is 23.0. The first kappa shape index (κ1) is 23.3. The number of piperidine rings is 1. The maximum atomic E-state index is 12.9. The molecule has 0 unspecified atom stereocenters. The van der Waals surface area contributed by atoms with E-state index in [0.717, 1.165) is 0 Å². The fourth-order valence-electron chi connectivity index (χ4n) is 4.04. The van der Waals surface area contributed by atoms with Crippen LogP contribution in [-0.2, 0) is 20.9 Å². The molecular formula is C24H28N4O6. The van der Waals surface area contributed by atoms with Crippen molar-refractivity contribution >= 4 is 11.9 Å². The molecule has 4 rings (SSSR count). The number of hydrogen-bond donors (Lipinski definition) is 0. The zero-order chi connectivity index (χ0) is 24.1. The molecule has 1 aliphatic heterocycles. The lowest BCUT2D eigenvalue weighted by Gasteiger charge is -2.31. The van der Waals surface area contributed by atoms with Crippen LogP contribution in [0.15, 0.2) is 41.1 Å². The molecule has 10 nitrogen and oxygen atoms in total. The molecule has 0 aliphatic carbocycles. The average Bonchev–Trinajstić information content (AvgIpc) is 3.53. The van der Waals surface area contributed by atoms with Crippen molar-refractivity contribution in [1.29, 1.82) is 0 Å². The molecule has 0 bridgehead atoms. The topological polar surface area (TPSA) is 109 Å². The van der Waals surface area contributed by atoms with Gasteiger partial charge in [0, 0.05) is 24.8 Å². The second kappa shape index (κ2) is 10.4. The zero-order valence-corrected chi connectivity index (χ0v) is 19.5. The predicted molar refractivity (Wildman–Crippen MR) is 122 cm³/mol. The first-order chi connectivity index (χ1) is 16.5. The van der Waals surface area contributed by atoms with E-state index in [-0.39, 0.29) is 24.3 Å². The lowest BCUT2D eigenvalue weighted by Crippen LogP contribution is -2.42. The van der Waals surface area contributed by atoms with E-state index in [9.17, 15) is 9.59 Å². The van der Waals surface area contributed by atoms with Crippen LogP contribution >= 0.6 is 0 Å². The van der Waals surface area contributed by atoms with E-state index in [1.165, 1.54) is 0 Å². The van der Waals surface area contributed by atoms with E-state index < -0.39 is 0 Å². The van der Waals surface area contributed by atoms with Crippen LogP contribution in [0.4, 0.5) is 0 Å². The molecule has 3 aromatic rings. The second-order valence-corrected chi connectivity index (χ2v) is 7.92. The van der Waals surface area contributed by atoms with Crippen LogP contribution in [0, 0.1) is 5.92 Å². The number of methoxy groups -OCH3 is 2. The minimum absolute atomic E-state index is 0.0283. The van der Waals surface area contributed by atoms with E-state index in [2.05, 4.69) is 10.1 Å². The van der Waals surface area contributed by atoms with Crippen molar-refractivity contribution < 1.29 is 28.3 Å². The summed E-state index contributed by atoms with van der Waals surface area (Å²) in [7, 11) is 3.13. The summed E-state index contributed by atoms with van der Waals surface area (Å²) in [5, 5.41) is 4.09. The van der Waals surface area contributed by atoms with Crippen molar-refractivity contribution in [2.45, 2.75) is 26.3 Å². The first-order valence-corrected chi connectivity index (χ1v) is 11.2. The molecule has 1 saturated heterocycles. The highest BCUT2D eigenvalue weighted by Crippen LogP contribution is 2.32. The Morgan fingerprint density at radius 2 is 1.88 bits per heavy atom. The SMILES string of the molecule is CCOC(=O)C1CCN(C(=O)Cn2cccc2-c2nc(-c3ccc(OC)c(OC)c3)no2)CC1. The van der Waals surface area contributed by atoms with E-state index in [1.54, 1.807) is 48.9 Å². The van der Waals surface area contributed by atoms with Gasteiger partial charge in [0.1, 0.15) is 12.2 Å². The van der Waals surface area contributed by atoms with Gasteiger partial charge in [-0.05, 0) is 50.1 Å². The van der Waals surface area contributed by atoms with Crippen molar-refractivity contribution in [3.05, 3.63) is 36.5 Å². The Morgan fingerprint density at radius 3 is 2.59 bits per heavy atom. The van der Waals surface area contributed by atoms with Gasteiger partial charge in [-0.25, -0.2) is 0 Å². The summed E-state index contributed by atoms with van der Waals surface area (Å²) in [6, 6.07) is 9.02. The van der Waals surface area contributed by atoms with Crippen LogP contribution in [0.3, 0.4) is 0 Å². The molecular weight excluding hydrogens is 440 g/mol. The van der Waals surface area contributed by atoms with Crippen molar-refractivity contribution in [1.82, 2.24) is 19.6 Å². The third-order valence-corrected chi connectivity index (χ3v) is 5.89. The van der Waals surface area contributed by atoms with E-state index in [0.29, 0.717) is 67.0 Å². The average molecular weight is 469 g/mol. The van der Waals surface area contributed by atoms with Gasteiger partial charge in [0.2, 0.25) is 11.7 Å². The molecule has 180 valence electrons. The molecule has 1 fully saturated rings. The van der Waals surface area contributed by atoms with E-state index in [1.807, 2.05) is 18.2 Å². The summed E-state index contributed by atoms with van der Waals surface area (Å²) >= 11 is 0. The number of carbonyl (C=O) groups excluding carboxylic acids is 2. The zero-order valence-electron chi connectivity index (χ0n) is 19.5. The van der Waals surface area contributed by atoms with E-state index >= 15 is 0 Å². The van der Waals surface area contributed by atoms with E-state index in [4.69, 9.17) is 18.7 Å². The van der Waals surface area contributed by atoms with Crippen molar-refractivity contribution in [3.8, 4) is 34.5 Å². The largest absolute Gasteiger partial charge is 0.493 e. The molecule has 0 radical (unpaired) electrons. The third kappa shape index (κ3) is 4.90. The molecule has 1 aromatic carbocycles. The Morgan fingerprint density at radius 1 is 1.12 bits per heavy atom. The smallest absolute Gasteiger partial charge is 0.309 e. The highest BCUT2D eigenvalue weighted by Gasteiger charge is 2.28. The fraction of sp³-hybridized carbons (Fsp3) is 0.417. The molecule has 10 heteroatoms. The van der Waals surface area contributed by atoms with Gasteiger partial charge < -0.3 is 28.2 Å². The molecule has 2 aromatic heterocycles. The molecule has 3 heterocycles. The first-order valence-electron chi connectivity index (χ1n) is 11.2. The lowest BCUT2D eigenvalue weighted by atomic mass is 9.97. The van der Waals surface area contributed by atoms with Crippen LogP contribution in [-0.4, -0.2) is 65.4 Å². The van der Waals surface area contributed by atoms with Crippen LogP contribution < -0.4 is 9.47 Å². The minimum atomic E-state index is -0.177. The van der Waals surface area contributed by atoms with Gasteiger partial charge in [-0.15, -0.1) is 0 Å². The summed E-state index contributed by atoms with van der Waals surface area (Å²) in [5.74, 6) is 1.53. The minimum Gasteiger partial charge on any atom is -0.493 e. The summed E-state index contributed by atoms with van der Waals surface area (Å²) in [4.78, 5) is 31.1. The van der Waals surface area contributed by atoms with Gasteiger partial charge in [0.25, 0.3) is 5.89 Å². The van der Waals surface area contributed by atoms with Gasteiger partial charge in [0.15, 0.2) is 11.5 Å². The quantitative estimate of drug-likeness (QED) is 0.464. The Bertz CT molecular complexity index is 1150. The van der Waals surface area contributed by atoms with Crippen molar-refractivity contribution in [3.63, 3.8) is 0 Å². The third-order valence-electron chi connectivity index (χ3n) is 5.89. The Hall–Kier alpha value is -3.82. The monoisotopic (exact) mass is 468 g/mol. The van der Waals surface area contributed by atoms with Crippen LogP contribution in [0.25, 0.3) is 23.0 Å². The molecule has 0 spiro atoms. The fourth-order valence-corrected chi connectivity index (χ4v) is 4.04. The number of hydrogen-bond acceptors (Lipinski definition) is 8. The molecule has 0 atom stereocenters. The van der Waals surface area contributed by atoms with Crippen LogP contribution in [0.1, 0.15) is 19.8 Å². The van der Waals surface area contributed by atoms with Gasteiger partial charge >= 0.3 is 5.97 Å². The number of carbonyl (C=O) groups is 2. The Labute approximate surface area is 197 Å². The lowest BCUT2D eigenvalue weighted by molar-refractivity contribution is -0.151. The summed E-state index contributed by atoms with van der Waals surface area (Å²) in [6.45, 7) is 3.37. The Balaban J connectivity index is 1.43. The normalized spacial score (nSPS) is 14.1. The summed E-state index contributed by atoms with van der Waals surface area (Å²) in [5.41, 5.74) is 1.36. The molecule has 34 heavy (non-hydrogen) atoms. The maximum Gasteiger partial charge on any atom is 0.309 e. The number of benzene rings is 1. The predicted octanol–water partition coefficient (Wildman–Crippen LogP) is 3.02. The standard InChI is InChI=1S/C24H28N4O6/c1-4-33-24(30)16-9-12-27(13-10-16)21(29)15-28-11-5-6-18(28)23-25-22(26-34-23)17-7-8-19(31-2)20(14-17)32-3/h5-8,11,14,16H,4,9-10,12-13,15H2,1-3H3. The number of nitrogens with zero attached hydrogens (tertiary/aromatic N) is 4. The number of ether oxygens (including phenoxy) is 3.